The summed E-state index contributed by atoms with van der Waals surface area (Å²) < 4.78 is 5.63. The molecule has 2 aromatic rings. The first-order valence-electron chi connectivity index (χ1n) is 6.99. The molecule has 2 aromatic carbocycles. The highest BCUT2D eigenvalue weighted by Crippen LogP contribution is 2.26. The third-order valence-corrected chi connectivity index (χ3v) is 3.63. The van der Waals surface area contributed by atoms with Gasteiger partial charge in [0.2, 0.25) is 5.91 Å². The summed E-state index contributed by atoms with van der Waals surface area (Å²) in [4.78, 5) is 12.2. The molecule has 0 saturated carbocycles. The number of fused-ring (bicyclic) bond motifs is 1. The van der Waals surface area contributed by atoms with Crippen molar-refractivity contribution in [3.63, 3.8) is 0 Å². The first kappa shape index (κ1) is 13.5. The number of amides is 1. The molecule has 108 valence electrons. The van der Waals surface area contributed by atoms with Crippen LogP contribution in [0.15, 0.2) is 48.5 Å². The highest BCUT2D eigenvalue weighted by Gasteiger charge is 2.25. The number of benzene rings is 2. The van der Waals surface area contributed by atoms with Crippen molar-refractivity contribution in [2.45, 2.75) is 13.0 Å². The molecule has 1 unspecified atom stereocenters. The van der Waals surface area contributed by atoms with E-state index in [-0.39, 0.29) is 17.6 Å². The van der Waals surface area contributed by atoms with Crippen LogP contribution in [0, 0.1) is 5.92 Å². The van der Waals surface area contributed by atoms with Gasteiger partial charge in [-0.3, -0.25) is 4.79 Å². The molecule has 4 heteroatoms. The number of nitrogens with one attached hydrogen (secondary N) is 1. The van der Waals surface area contributed by atoms with Crippen LogP contribution in [0.25, 0.3) is 0 Å². The topological polar surface area (TPSA) is 58.6 Å². The van der Waals surface area contributed by atoms with Crippen molar-refractivity contribution in [3.05, 3.63) is 59.7 Å². The highest BCUT2D eigenvalue weighted by molar-refractivity contribution is 5.79. The molecule has 1 aliphatic rings. The molecule has 0 aromatic heterocycles. The number of carbonyl (C=O) groups is 1. The van der Waals surface area contributed by atoms with E-state index in [0.717, 1.165) is 16.9 Å². The quantitative estimate of drug-likeness (QED) is 0.908. The van der Waals surface area contributed by atoms with E-state index < -0.39 is 0 Å². The second-order valence-corrected chi connectivity index (χ2v) is 5.21. The lowest BCUT2D eigenvalue weighted by molar-refractivity contribution is -0.126. The van der Waals surface area contributed by atoms with Gasteiger partial charge in [-0.15, -0.1) is 0 Å². The first-order chi connectivity index (χ1) is 10.2. The van der Waals surface area contributed by atoms with E-state index in [1.165, 1.54) is 0 Å². The van der Waals surface area contributed by atoms with Gasteiger partial charge in [0.05, 0.1) is 5.92 Å². The fourth-order valence-electron chi connectivity index (χ4n) is 2.50. The molecule has 0 fully saturated rings. The SMILES string of the molecule is O=C(NCc1cccc(O)c1)C1COc2ccccc2C1. The van der Waals surface area contributed by atoms with Crippen molar-refractivity contribution in [3.8, 4) is 11.5 Å². The van der Waals surface area contributed by atoms with E-state index in [9.17, 15) is 9.90 Å². The van der Waals surface area contributed by atoms with Gasteiger partial charge in [-0.2, -0.15) is 0 Å². The number of phenolic OH excluding ortho intramolecular Hbond substituents is 1. The van der Waals surface area contributed by atoms with Crippen molar-refractivity contribution < 1.29 is 14.6 Å². The second-order valence-electron chi connectivity index (χ2n) is 5.21. The maximum absolute atomic E-state index is 12.2. The maximum atomic E-state index is 12.2. The van der Waals surface area contributed by atoms with Crippen molar-refractivity contribution in [2.75, 3.05) is 6.61 Å². The Bertz CT molecular complexity index is 654. The Balaban J connectivity index is 1.59. The third-order valence-electron chi connectivity index (χ3n) is 3.63. The van der Waals surface area contributed by atoms with E-state index in [4.69, 9.17) is 4.74 Å². The molecule has 0 bridgehead atoms. The van der Waals surface area contributed by atoms with Crippen LogP contribution in [-0.2, 0) is 17.8 Å². The Morgan fingerprint density at radius 2 is 2.10 bits per heavy atom. The molecule has 3 rings (SSSR count). The summed E-state index contributed by atoms with van der Waals surface area (Å²) >= 11 is 0. The zero-order chi connectivity index (χ0) is 14.7. The Morgan fingerprint density at radius 1 is 1.24 bits per heavy atom. The summed E-state index contributed by atoms with van der Waals surface area (Å²) in [5.41, 5.74) is 1.95. The van der Waals surface area contributed by atoms with Gasteiger partial charge in [0, 0.05) is 6.54 Å². The molecule has 1 atom stereocenters. The van der Waals surface area contributed by atoms with Crippen molar-refractivity contribution in [2.24, 2.45) is 5.92 Å². The lowest BCUT2D eigenvalue weighted by atomic mass is 9.96. The van der Waals surface area contributed by atoms with Crippen molar-refractivity contribution in [1.82, 2.24) is 5.32 Å². The molecule has 0 radical (unpaired) electrons. The number of phenols is 1. The van der Waals surface area contributed by atoms with E-state index in [2.05, 4.69) is 5.32 Å². The minimum atomic E-state index is -0.169. The van der Waals surface area contributed by atoms with Crippen LogP contribution in [0.1, 0.15) is 11.1 Å². The summed E-state index contributed by atoms with van der Waals surface area (Å²) in [5.74, 6) is 0.885. The van der Waals surface area contributed by atoms with Gasteiger partial charge in [0.15, 0.2) is 0 Å². The fraction of sp³-hybridized carbons (Fsp3) is 0.235. The Labute approximate surface area is 123 Å². The van der Waals surface area contributed by atoms with Gasteiger partial charge >= 0.3 is 0 Å². The lowest BCUT2D eigenvalue weighted by Gasteiger charge is -2.24. The number of para-hydroxylation sites is 1. The highest BCUT2D eigenvalue weighted by atomic mass is 16.5. The molecular formula is C17H17NO3. The van der Waals surface area contributed by atoms with Crippen LogP contribution in [0.3, 0.4) is 0 Å². The largest absolute Gasteiger partial charge is 0.508 e. The van der Waals surface area contributed by atoms with E-state index in [1.54, 1.807) is 18.2 Å². The zero-order valence-corrected chi connectivity index (χ0v) is 11.6. The third kappa shape index (κ3) is 3.16. The summed E-state index contributed by atoms with van der Waals surface area (Å²) in [5, 5.41) is 12.3. The van der Waals surface area contributed by atoms with Gasteiger partial charge < -0.3 is 15.2 Å². The molecule has 1 aliphatic heterocycles. The summed E-state index contributed by atoms with van der Waals surface area (Å²) in [6.07, 6.45) is 0.696. The Kier molecular flexibility index (Phi) is 3.77. The van der Waals surface area contributed by atoms with Crippen LogP contribution >= 0.6 is 0 Å². The van der Waals surface area contributed by atoms with Crippen molar-refractivity contribution >= 4 is 5.91 Å². The predicted molar refractivity (Wildman–Crippen MR) is 79.1 cm³/mol. The predicted octanol–water partition coefficient (Wildman–Crippen LogP) is 2.26. The van der Waals surface area contributed by atoms with E-state index in [0.29, 0.717) is 19.6 Å². The van der Waals surface area contributed by atoms with Gasteiger partial charge in [-0.25, -0.2) is 0 Å². The lowest BCUT2D eigenvalue weighted by Crippen LogP contribution is -2.37. The maximum Gasteiger partial charge on any atom is 0.227 e. The minimum Gasteiger partial charge on any atom is -0.508 e. The molecule has 2 N–H and O–H groups in total. The molecular weight excluding hydrogens is 266 g/mol. The van der Waals surface area contributed by atoms with E-state index >= 15 is 0 Å². The van der Waals surface area contributed by atoms with Gasteiger partial charge in [0.1, 0.15) is 18.1 Å². The molecule has 1 heterocycles. The molecule has 4 nitrogen and oxygen atoms in total. The number of hydrogen-bond donors (Lipinski definition) is 2. The fourth-order valence-corrected chi connectivity index (χ4v) is 2.50. The van der Waals surface area contributed by atoms with Gasteiger partial charge in [-0.1, -0.05) is 30.3 Å². The minimum absolute atomic E-state index is 0.0205. The average molecular weight is 283 g/mol. The van der Waals surface area contributed by atoms with Gasteiger partial charge in [0.25, 0.3) is 0 Å². The number of hydrogen-bond acceptors (Lipinski definition) is 3. The van der Waals surface area contributed by atoms with Crippen LogP contribution in [0.4, 0.5) is 0 Å². The monoisotopic (exact) mass is 283 g/mol. The molecule has 0 saturated heterocycles. The number of carbonyl (C=O) groups excluding carboxylic acids is 1. The standard InChI is InChI=1S/C17H17NO3/c19-15-6-3-4-12(8-15)10-18-17(20)14-9-13-5-1-2-7-16(13)21-11-14/h1-8,14,19H,9-11H2,(H,18,20). The number of ether oxygens (including phenoxy) is 1. The van der Waals surface area contributed by atoms with Crippen LogP contribution in [-0.4, -0.2) is 17.6 Å². The molecule has 0 spiro atoms. The van der Waals surface area contributed by atoms with Crippen LogP contribution in [0.5, 0.6) is 11.5 Å². The normalized spacial score (nSPS) is 16.7. The average Bonchev–Trinajstić information content (AvgIpc) is 2.52. The number of aromatic hydroxyl groups is 1. The Hall–Kier alpha value is -2.49. The Morgan fingerprint density at radius 3 is 2.95 bits per heavy atom. The molecule has 21 heavy (non-hydrogen) atoms. The second kappa shape index (κ2) is 5.87. The molecule has 1 amide bonds. The summed E-state index contributed by atoms with van der Waals surface area (Å²) in [6, 6.07) is 14.7. The first-order valence-corrected chi connectivity index (χ1v) is 6.99. The van der Waals surface area contributed by atoms with Crippen LogP contribution in [0.2, 0.25) is 0 Å². The number of rotatable bonds is 3. The smallest absolute Gasteiger partial charge is 0.227 e. The van der Waals surface area contributed by atoms with Gasteiger partial charge in [-0.05, 0) is 35.7 Å². The van der Waals surface area contributed by atoms with Crippen molar-refractivity contribution in [1.29, 1.82) is 0 Å². The molecule has 0 aliphatic carbocycles. The summed E-state index contributed by atoms with van der Waals surface area (Å²) in [6.45, 7) is 0.814. The van der Waals surface area contributed by atoms with E-state index in [1.807, 2.05) is 30.3 Å². The zero-order valence-electron chi connectivity index (χ0n) is 11.6. The summed E-state index contributed by atoms with van der Waals surface area (Å²) in [7, 11) is 0. The van der Waals surface area contributed by atoms with Crippen LogP contribution < -0.4 is 10.1 Å².